The van der Waals surface area contributed by atoms with Crippen LogP contribution in [-0.4, -0.2) is 13.7 Å². The molecule has 12 heavy (non-hydrogen) atoms. The van der Waals surface area contributed by atoms with Crippen LogP contribution in [0.3, 0.4) is 0 Å². The van der Waals surface area contributed by atoms with Gasteiger partial charge < -0.3 is 9.47 Å². The second-order valence-electron chi connectivity index (χ2n) is 2.23. The molecule has 1 aromatic rings. The van der Waals surface area contributed by atoms with E-state index in [-0.39, 0.29) is 11.6 Å². The van der Waals surface area contributed by atoms with Gasteiger partial charge >= 0.3 is 0 Å². The SMILES string of the molecule is CCOc1ccc(F)c(OC)c1. The molecule has 1 aromatic carbocycles. The fraction of sp³-hybridized carbons (Fsp3) is 0.333. The minimum absolute atomic E-state index is 0.209. The lowest BCUT2D eigenvalue weighted by Crippen LogP contribution is -1.93. The third-order valence-corrected chi connectivity index (χ3v) is 1.43. The highest BCUT2D eigenvalue weighted by Crippen LogP contribution is 2.22. The summed E-state index contributed by atoms with van der Waals surface area (Å²) in [6.07, 6.45) is 0. The number of rotatable bonds is 3. The van der Waals surface area contributed by atoms with Crippen LogP contribution in [-0.2, 0) is 0 Å². The van der Waals surface area contributed by atoms with Gasteiger partial charge in [0.25, 0.3) is 0 Å². The van der Waals surface area contributed by atoms with Gasteiger partial charge in [-0.15, -0.1) is 0 Å². The zero-order chi connectivity index (χ0) is 8.97. The first-order valence-electron chi connectivity index (χ1n) is 3.74. The Kier molecular flexibility index (Phi) is 2.91. The number of ether oxygens (including phenoxy) is 2. The minimum atomic E-state index is -0.374. The molecule has 0 N–H and O–H groups in total. The van der Waals surface area contributed by atoms with Crippen LogP contribution in [0.5, 0.6) is 11.5 Å². The fourth-order valence-corrected chi connectivity index (χ4v) is 0.897. The zero-order valence-corrected chi connectivity index (χ0v) is 7.13. The first kappa shape index (κ1) is 8.84. The Bertz CT molecular complexity index is 261. The Morgan fingerprint density at radius 2 is 2.17 bits per heavy atom. The van der Waals surface area contributed by atoms with Gasteiger partial charge in [-0.25, -0.2) is 4.39 Å². The monoisotopic (exact) mass is 170 g/mol. The van der Waals surface area contributed by atoms with Gasteiger partial charge in [-0.1, -0.05) is 0 Å². The molecule has 0 aromatic heterocycles. The molecule has 0 saturated carbocycles. The molecule has 0 aliphatic heterocycles. The smallest absolute Gasteiger partial charge is 0.165 e. The summed E-state index contributed by atoms with van der Waals surface area (Å²) in [4.78, 5) is 0. The maximum Gasteiger partial charge on any atom is 0.165 e. The van der Waals surface area contributed by atoms with Crippen molar-refractivity contribution in [2.75, 3.05) is 13.7 Å². The number of halogens is 1. The van der Waals surface area contributed by atoms with Gasteiger partial charge in [0.2, 0.25) is 0 Å². The van der Waals surface area contributed by atoms with E-state index >= 15 is 0 Å². The van der Waals surface area contributed by atoms with E-state index in [0.717, 1.165) is 0 Å². The van der Waals surface area contributed by atoms with Crippen LogP contribution in [0.15, 0.2) is 18.2 Å². The van der Waals surface area contributed by atoms with Crippen LogP contribution in [0.1, 0.15) is 6.92 Å². The molecule has 0 unspecified atom stereocenters. The summed E-state index contributed by atoms with van der Waals surface area (Å²) in [6.45, 7) is 2.44. The van der Waals surface area contributed by atoms with E-state index in [4.69, 9.17) is 9.47 Å². The second-order valence-corrected chi connectivity index (χ2v) is 2.23. The largest absolute Gasteiger partial charge is 0.494 e. The molecular formula is C9H11FO2. The van der Waals surface area contributed by atoms with Gasteiger partial charge in [0, 0.05) is 6.07 Å². The Morgan fingerprint density at radius 3 is 2.75 bits per heavy atom. The number of hydrogen-bond donors (Lipinski definition) is 0. The normalized spacial score (nSPS) is 9.58. The van der Waals surface area contributed by atoms with Gasteiger partial charge in [0.05, 0.1) is 13.7 Å². The predicted octanol–water partition coefficient (Wildman–Crippen LogP) is 2.23. The molecule has 0 aliphatic rings. The Hall–Kier alpha value is -1.25. The molecule has 0 fully saturated rings. The standard InChI is InChI=1S/C9H11FO2/c1-3-12-7-4-5-8(10)9(6-7)11-2/h4-6H,3H2,1-2H3. The molecule has 1 rings (SSSR count). The van der Waals surface area contributed by atoms with Crippen molar-refractivity contribution >= 4 is 0 Å². The lowest BCUT2D eigenvalue weighted by Gasteiger charge is -2.05. The van der Waals surface area contributed by atoms with Crippen molar-refractivity contribution in [3.63, 3.8) is 0 Å². The first-order valence-corrected chi connectivity index (χ1v) is 3.74. The van der Waals surface area contributed by atoms with E-state index in [0.29, 0.717) is 12.4 Å². The van der Waals surface area contributed by atoms with Crippen molar-refractivity contribution in [3.8, 4) is 11.5 Å². The van der Waals surface area contributed by atoms with Crippen LogP contribution in [0.25, 0.3) is 0 Å². The third kappa shape index (κ3) is 1.87. The second kappa shape index (κ2) is 3.95. The molecule has 0 saturated heterocycles. The zero-order valence-electron chi connectivity index (χ0n) is 7.13. The summed E-state index contributed by atoms with van der Waals surface area (Å²) in [5.41, 5.74) is 0. The number of hydrogen-bond acceptors (Lipinski definition) is 2. The van der Waals surface area contributed by atoms with E-state index in [1.54, 1.807) is 6.07 Å². The van der Waals surface area contributed by atoms with Crippen molar-refractivity contribution < 1.29 is 13.9 Å². The van der Waals surface area contributed by atoms with Gasteiger partial charge in [-0.05, 0) is 19.1 Å². The molecule has 0 heterocycles. The van der Waals surface area contributed by atoms with Crippen molar-refractivity contribution in [3.05, 3.63) is 24.0 Å². The van der Waals surface area contributed by atoms with E-state index in [1.807, 2.05) is 6.92 Å². The van der Waals surface area contributed by atoms with Crippen molar-refractivity contribution in [2.24, 2.45) is 0 Å². The van der Waals surface area contributed by atoms with Gasteiger partial charge in [0.1, 0.15) is 5.75 Å². The summed E-state index contributed by atoms with van der Waals surface area (Å²) >= 11 is 0. The van der Waals surface area contributed by atoms with E-state index in [9.17, 15) is 4.39 Å². The van der Waals surface area contributed by atoms with Crippen molar-refractivity contribution in [1.82, 2.24) is 0 Å². The lowest BCUT2D eigenvalue weighted by atomic mass is 10.3. The third-order valence-electron chi connectivity index (χ3n) is 1.43. The summed E-state index contributed by atoms with van der Waals surface area (Å²) < 4.78 is 22.8. The summed E-state index contributed by atoms with van der Waals surface area (Å²) in [5.74, 6) is 0.456. The van der Waals surface area contributed by atoms with Crippen LogP contribution in [0, 0.1) is 5.82 Å². The van der Waals surface area contributed by atoms with Gasteiger partial charge in [-0.2, -0.15) is 0 Å². The molecule has 0 aliphatic carbocycles. The van der Waals surface area contributed by atoms with E-state index in [1.165, 1.54) is 19.2 Å². The van der Waals surface area contributed by atoms with Crippen LogP contribution >= 0.6 is 0 Å². The highest BCUT2D eigenvalue weighted by atomic mass is 19.1. The molecule has 3 heteroatoms. The summed E-state index contributed by atoms with van der Waals surface area (Å²) in [7, 11) is 1.42. The molecular weight excluding hydrogens is 159 g/mol. The maximum atomic E-state index is 12.8. The Labute approximate surface area is 70.9 Å². The van der Waals surface area contributed by atoms with Crippen LogP contribution < -0.4 is 9.47 Å². The average Bonchev–Trinajstić information content (AvgIpc) is 2.09. The van der Waals surface area contributed by atoms with Crippen LogP contribution in [0.2, 0.25) is 0 Å². The van der Waals surface area contributed by atoms with E-state index in [2.05, 4.69) is 0 Å². The number of benzene rings is 1. The Balaban J connectivity index is 2.89. The minimum Gasteiger partial charge on any atom is -0.494 e. The van der Waals surface area contributed by atoms with Crippen molar-refractivity contribution in [2.45, 2.75) is 6.92 Å². The molecule has 0 atom stereocenters. The molecule has 0 bridgehead atoms. The highest BCUT2D eigenvalue weighted by molar-refractivity contribution is 5.34. The first-order chi connectivity index (χ1) is 5.77. The van der Waals surface area contributed by atoms with Crippen LogP contribution in [0.4, 0.5) is 4.39 Å². The highest BCUT2D eigenvalue weighted by Gasteiger charge is 2.02. The van der Waals surface area contributed by atoms with E-state index < -0.39 is 0 Å². The molecule has 0 radical (unpaired) electrons. The summed E-state index contributed by atoms with van der Waals surface area (Å²) in [6, 6.07) is 4.42. The maximum absolute atomic E-state index is 12.8. The molecule has 2 nitrogen and oxygen atoms in total. The molecule has 0 amide bonds. The Morgan fingerprint density at radius 1 is 1.42 bits per heavy atom. The van der Waals surface area contributed by atoms with Gasteiger partial charge in [0.15, 0.2) is 11.6 Å². The lowest BCUT2D eigenvalue weighted by molar-refractivity contribution is 0.332. The number of methoxy groups -OCH3 is 1. The quantitative estimate of drug-likeness (QED) is 0.692. The molecule has 66 valence electrons. The van der Waals surface area contributed by atoms with Crippen molar-refractivity contribution in [1.29, 1.82) is 0 Å². The fourth-order valence-electron chi connectivity index (χ4n) is 0.897. The van der Waals surface area contributed by atoms with Gasteiger partial charge in [-0.3, -0.25) is 0 Å². The molecule has 0 spiro atoms. The predicted molar refractivity (Wildman–Crippen MR) is 44.1 cm³/mol. The summed E-state index contributed by atoms with van der Waals surface area (Å²) in [5, 5.41) is 0. The average molecular weight is 170 g/mol. The topological polar surface area (TPSA) is 18.5 Å².